The summed E-state index contributed by atoms with van der Waals surface area (Å²) in [7, 11) is 0. The molecule has 0 aliphatic heterocycles. The van der Waals surface area contributed by atoms with Crippen LogP contribution in [-0.2, 0) is 6.61 Å². The van der Waals surface area contributed by atoms with Crippen LogP contribution in [0.15, 0.2) is 40.9 Å². The van der Waals surface area contributed by atoms with E-state index in [1.807, 2.05) is 6.92 Å². The van der Waals surface area contributed by atoms with E-state index in [4.69, 9.17) is 4.74 Å². The van der Waals surface area contributed by atoms with E-state index in [1.54, 1.807) is 24.3 Å². The molecule has 0 fully saturated rings. The average molecular weight is 357 g/mol. The maximum atomic E-state index is 13.8. The molecule has 0 aromatic heterocycles. The summed E-state index contributed by atoms with van der Waals surface area (Å²) < 4.78 is 32.9. The summed E-state index contributed by atoms with van der Waals surface area (Å²) in [6, 6.07) is 9.31. The lowest BCUT2D eigenvalue weighted by atomic mass is 10.1. The largest absolute Gasteiger partial charge is 0.489 e. The third-order valence-electron chi connectivity index (χ3n) is 3.17. The van der Waals surface area contributed by atoms with Crippen LogP contribution >= 0.6 is 15.9 Å². The molecule has 1 N–H and O–H groups in total. The Kier molecular flexibility index (Phi) is 5.31. The second kappa shape index (κ2) is 7.00. The molecule has 0 aliphatic rings. The molecule has 112 valence electrons. The summed E-state index contributed by atoms with van der Waals surface area (Å²) in [5, 5.41) is 9.69. The number of ether oxygens (including phenoxy) is 1. The fourth-order valence-electron chi connectivity index (χ4n) is 1.88. The molecule has 0 saturated heterocycles. The van der Waals surface area contributed by atoms with Gasteiger partial charge in [0.05, 0.1) is 16.1 Å². The number of rotatable bonds is 5. The van der Waals surface area contributed by atoms with Crippen molar-refractivity contribution in [2.45, 2.75) is 26.1 Å². The van der Waals surface area contributed by atoms with Crippen molar-refractivity contribution in [1.82, 2.24) is 0 Å². The van der Waals surface area contributed by atoms with E-state index < -0.39 is 17.7 Å². The number of hydrogen-bond donors (Lipinski definition) is 1. The summed E-state index contributed by atoms with van der Waals surface area (Å²) in [5.74, 6) is -0.817. The Labute approximate surface area is 130 Å². The SMILES string of the molecule is CCC(O)c1ccc(OCc2c(F)ccc(Br)c2F)cc1. The minimum Gasteiger partial charge on any atom is -0.489 e. The van der Waals surface area contributed by atoms with E-state index in [2.05, 4.69) is 15.9 Å². The monoisotopic (exact) mass is 356 g/mol. The number of aliphatic hydroxyl groups is 1. The Morgan fingerprint density at radius 1 is 1.14 bits per heavy atom. The predicted octanol–water partition coefficient (Wildman–Crippen LogP) is 4.75. The molecule has 2 aromatic carbocycles. The molecule has 0 bridgehead atoms. The fraction of sp³-hybridized carbons (Fsp3) is 0.250. The molecule has 0 saturated carbocycles. The zero-order valence-corrected chi connectivity index (χ0v) is 13.0. The van der Waals surface area contributed by atoms with Gasteiger partial charge < -0.3 is 9.84 Å². The highest BCUT2D eigenvalue weighted by Gasteiger charge is 2.13. The van der Waals surface area contributed by atoms with Crippen molar-refractivity contribution < 1.29 is 18.6 Å². The van der Waals surface area contributed by atoms with Crippen molar-refractivity contribution in [2.24, 2.45) is 0 Å². The smallest absolute Gasteiger partial charge is 0.146 e. The minimum absolute atomic E-state index is 0.123. The van der Waals surface area contributed by atoms with Gasteiger partial charge in [-0.05, 0) is 52.2 Å². The second-order valence-electron chi connectivity index (χ2n) is 4.60. The van der Waals surface area contributed by atoms with E-state index >= 15 is 0 Å². The highest BCUT2D eigenvalue weighted by Crippen LogP contribution is 2.24. The third kappa shape index (κ3) is 3.80. The summed E-state index contributed by atoms with van der Waals surface area (Å²) in [6.07, 6.45) is 0.105. The lowest BCUT2D eigenvalue weighted by Crippen LogP contribution is -2.03. The molecule has 0 radical (unpaired) electrons. The molecule has 0 heterocycles. The van der Waals surface area contributed by atoms with Gasteiger partial charge in [-0.2, -0.15) is 0 Å². The molecule has 0 amide bonds. The zero-order valence-electron chi connectivity index (χ0n) is 11.4. The van der Waals surface area contributed by atoms with Crippen molar-refractivity contribution >= 4 is 15.9 Å². The molecular formula is C16H15BrF2O2. The second-order valence-corrected chi connectivity index (χ2v) is 5.46. The van der Waals surface area contributed by atoms with Gasteiger partial charge in [0.2, 0.25) is 0 Å². The van der Waals surface area contributed by atoms with E-state index in [9.17, 15) is 13.9 Å². The topological polar surface area (TPSA) is 29.5 Å². The maximum absolute atomic E-state index is 13.8. The highest BCUT2D eigenvalue weighted by atomic mass is 79.9. The summed E-state index contributed by atoms with van der Waals surface area (Å²) in [4.78, 5) is 0. The Balaban J connectivity index is 2.08. The molecular weight excluding hydrogens is 342 g/mol. The van der Waals surface area contributed by atoms with Crippen molar-refractivity contribution in [2.75, 3.05) is 0 Å². The van der Waals surface area contributed by atoms with Crippen LogP contribution < -0.4 is 4.74 Å². The van der Waals surface area contributed by atoms with Crippen LogP contribution in [0.5, 0.6) is 5.75 Å². The molecule has 2 rings (SSSR count). The summed E-state index contributed by atoms with van der Waals surface area (Å²) in [5.41, 5.74) is 0.659. The Bertz CT molecular complexity index is 614. The molecule has 1 unspecified atom stereocenters. The fourth-order valence-corrected chi connectivity index (χ4v) is 2.25. The maximum Gasteiger partial charge on any atom is 0.146 e. The highest BCUT2D eigenvalue weighted by molar-refractivity contribution is 9.10. The van der Waals surface area contributed by atoms with Gasteiger partial charge in [-0.3, -0.25) is 0 Å². The van der Waals surface area contributed by atoms with Crippen LogP contribution in [0.1, 0.15) is 30.6 Å². The van der Waals surface area contributed by atoms with Gasteiger partial charge in [0, 0.05) is 0 Å². The molecule has 2 nitrogen and oxygen atoms in total. The normalized spacial score (nSPS) is 12.2. The predicted molar refractivity (Wildman–Crippen MR) is 80.1 cm³/mol. The Hall–Kier alpha value is -1.46. The van der Waals surface area contributed by atoms with Crippen molar-refractivity contribution in [3.05, 3.63) is 63.6 Å². The quantitative estimate of drug-likeness (QED) is 0.783. The number of aliphatic hydroxyl groups excluding tert-OH is 1. The first-order valence-corrected chi connectivity index (χ1v) is 7.35. The first-order chi connectivity index (χ1) is 10.0. The van der Waals surface area contributed by atoms with Gasteiger partial charge in [-0.15, -0.1) is 0 Å². The molecule has 1 atom stereocenters. The third-order valence-corrected chi connectivity index (χ3v) is 3.79. The molecule has 0 spiro atoms. The van der Waals surface area contributed by atoms with Crippen LogP contribution in [0.4, 0.5) is 8.78 Å². The standard InChI is InChI=1S/C16H15BrF2O2/c1-2-15(20)10-3-5-11(6-4-10)21-9-12-14(18)8-7-13(17)16(12)19/h3-8,15,20H,2,9H2,1H3. The number of benzene rings is 2. The van der Waals surface area contributed by atoms with Crippen LogP contribution in [0.25, 0.3) is 0 Å². The van der Waals surface area contributed by atoms with E-state index in [1.165, 1.54) is 12.1 Å². The van der Waals surface area contributed by atoms with Gasteiger partial charge in [0.1, 0.15) is 24.0 Å². The van der Waals surface area contributed by atoms with E-state index in [0.717, 1.165) is 5.56 Å². The van der Waals surface area contributed by atoms with Crippen LogP contribution in [-0.4, -0.2) is 5.11 Å². The van der Waals surface area contributed by atoms with Crippen molar-refractivity contribution in [3.8, 4) is 5.75 Å². The van der Waals surface area contributed by atoms with Crippen LogP contribution in [0.2, 0.25) is 0 Å². The number of halogens is 3. The van der Waals surface area contributed by atoms with E-state index in [-0.39, 0.29) is 16.6 Å². The van der Waals surface area contributed by atoms with Crippen LogP contribution in [0.3, 0.4) is 0 Å². The molecule has 2 aromatic rings. The lowest BCUT2D eigenvalue weighted by Gasteiger charge is -2.11. The first kappa shape index (κ1) is 15.9. The first-order valence-electron chi connectivity index (χ1n) is 6.56. The van der Waals surface area contributed by atoms with E-state index in [0.29, 0.717) is 12.2 Å². The molecule has 21 heavy (non-hydrogen) atoms. The van der Waals surface area contributed by atoms with Gasteiger partial charge in [-0.25, -0.2) is 8.78 Å². The Morgan fingerprint density at radius 3 is 2.43 bits per heavy atom. The summed E-state index contributed by atoms with van der Waals surface area (Å²) >= 11 is 3.01. The average Bonchev–Trinajstić information content (AvgIpc) is 2.51. The van der Waals surface area contributed by atoms with Gasteiger partial charge in [0.15, 0.2) is 0 Å². The minimum atomic E-state index is -0.659. The van der Waals surface area contributed by atoms with Crippen LogP contribution in [0, 0.1) is 11.6 Å². The number of hydrogen-bond acceptors (Lipinski definition) is 2. The van der Waals surface area contributed by atoms with Gasteiger partial charge >= 0.3 is 0 Å². The summed E-state index contributed by atoms with van der Waals surface area (Å²) in [6.45, 7) is 1.68. The van der Waals surface area contributed by atoms with Crippen molar-refractivity contribution in [1.29, 1.82) is 0 Å². The molecule has 0 aliphatic carbocycles. The lowest BCUT2D eigenvalue weighted by molar-refractivity contribution is 0.173. The molecule has 5 heteroatoms. The zero-order chi connectivity index (χ0) is 15.4. The van der Waals surface area contributed by atoms with Gasteiger partial charge in [-0.1, -0.05) is 19.1 Å². The Morgan fingerprint density at radius 2 is 1.81 bits per heavy atom. The van der Waals surface area contributed by atoms with Gasteiger partial charge in [0.25, 0.3) is 0 Å². The van der Waals surface area contributed by atoms with Crippen molar-refractivity contribution in [3.63, 3.8) is 0 Å².